The third kappa shape index (κ3) is 6.17. The summed E-state index contributed by atoms with van der Waals surface area (Å²) in [6, 6.07) is 8.59. The van der Waals surface area contributed by atoms with Gasteiger partial charge < -0.3 is 9.84 Å². The molecule has 3 rings (SSSR count). The van der Waals surface area contributed by atoms with E-state index in [9.17, 15) is 26.4 Å². The molecule has 0 saturated carbocycles. The van der Waals surface area contributed by atoms with Gasteiger partial charge in [0.25, 0.3) is 10.0 Å². The van der Waals surface area contributed by atoms with Crippen molar-refractivity contribution in [3.63, 3.8) is 0 Å². The molecule has 1 unspecified atom stereocenters. The number of ether oxygens (including phenoxy) is 1. The molecule has 0 amide bonds. The summed E-state index contributed by atoms with van der Waals surface area (Å²) in [5.74, 6) is -0.562. The van der Waals surface area contributed by atoms with E-state index in [0.29, 0.717) is 6.07 Å². The number of sulfonamides is 1. The SMILES string of the molecule is CCC(=Cc1ccc2c(c1)N(S(=O)(=O)c1cccc(C(F)(F)F)c1)CC(CCC(=O)O)O2)C(C)C. The molecule has 0 bridgehead atoms. The molecule has 35 heavy (non-hydrogen) atoms. The fourth-order valence-corrected chi connectivity index (χ4v) is 5.48. The van der Waals surface area contributed by atoms with Crippen LogP contribution >= 0.6 is 0 Å². The van der Waals surface area contributed by atoms with Gasteiger partial charge in [-0.15, -0.1) is 0 Å². The Kier molecular flexibility index (Phi) is 7.83. The Morgan fingerprint density at radius 3 is 2.54 bits per heavy atom. The summed E-state index contributed by atoms with van der Waals surface area (Å²) in [6.07, 6.45) is -2.93. The Bertz CT molecular complexity index is 1220. The van der Waals surface area contributed by atoms with Gasteiger partial charge in [0.15, 0.2) is 0 Å². The van der Waals surface area contributed by atoms with Gasteiger partial charge in [-0.2, -0.15) is 13.2 Å². The monoisotopic (exact) mass is 511 g/mol. The summed E-state index contributed by atoms with van der Waals surface area (Å²) in [7, 11) is -4.41. The summed E-state index contributed by atoms with van der Waals surface area (Å²) in [5, 5.41) is 9.04. The third-order valence-electron chi connectivity index (χ3n) is 5.85. The van der Waals surface area contributed by atoms with Crippen molar-refractivity contribution in [3.05, 3.63) is 59.2 Å². The second-order valence-corrected chi connectivity index (χ2v) is 10.6. The quantitative estimate of drug-likeness (QED) is 0.472. The van der Waals surface area contributed by atoms with E-state index in [1.807, 2.05) is 26.8 Å². The minimum Gasteiger partial charge on any atom is -0.486 e. The Hall–Kier alpha value is -3.01. The van der Waals surface area contributed by atoms with Crippen LogP contribution in [0.2, 0.25) is 0 Å². The summed E-state index contributed by atoms with van der Waals surface area (Å²) in [5.41, 5.74) is 0.997. The number of alkyl halides is 3. The molecular weight excluding hydrogens is 483 g/mol. The maximum Gasteiger partial charge on any atom is 0.416 e. The van der Waals surface area contributed by atoms with E-state index in [4.69, 9.17) is 9.84 Å². The molecule has 1 aliphatic rings. The van der Waals surface area contributed by atoms with Crippen molar-refractivity contribution >= 4 is 27.8 Å². The second kappa shape index (κ2) is 10.3. The average molecular weight is 512 g/mol. The maximum atomic E-state index is 13.6. The van der Waals surface area contributed by atoms with Gasteiger partial charge in [-0.25, -0.2) is 8.42 Å². The molecular formula is C25H28F3NO5S. The molecule has 6 nitrogen and oxygen atoms in total. The van der Waals surface area contributed by atoms with Crippen molar-refractivity contribution in [2.45, 2.75) is 57.2 Å². The van der Waals surface area contributed by atoms with Gasteiger partial charge in [-0.1, -0.05) is 44.6 Å². The smallest absolute Gasteiger partial charge is 0.416 e. The lowest BCUT2D eigenvalue weighted by atomic mass is 9.98. The van der Waals surface area contributed by atoms with Crippen molar-refractivity contribution in [3.8, 4) is 5.75 Å². The standard InChI is InChI=1S/C25H28F3NO5S/c1-4-18(16(2)3)12-17-8-10-23-22(13-17)29(15-20(34-23)9-11-24(30)31)35(32,33)21-7-5-6-19(14-21)25(26,27)28/h5-8,10,12-14,16,20H,4,9,11,15H2,1-3H3,(H,30,31). The van der Waals surface area contributed by atoms with E-state index >= 15 is 0 Å². The average Bonchev–Trinajstić information content (AvgIpc) is 2.79. The number of hydrogen-bond donors (Lipinski definition) is 1. The van der Waals surface area contributed by atoms with Gasteiger partial charge in [0.1, 0.15) is 11.9 Å². The second-order valence-electron chi connectivity index (χ2n) is 8.69. The number of aliphatic carboxylic acids is 1. The zero-order valence-electron chi connectivity index (χ0n) is 19.7. The van der Waals surface area contributed by atoms with Crippen molar-refractivity contribution in [2.24, 2.45) is 5.92 Å². The zero-order valence-corrected chi connectivity index (χ0v) is 20.5. The number of benzene rings is 2. The minimum absolute atomic E-state index is 0.0401. The Morgan fingerprint density at radius 1 is 1.23 bits per heavy atom. The van der Waals surface area contributed by atoms with Crippen molar-refractivity contribution in [1.29, 1.82) is 0 Å². The number of nitrogens with zero attached hydrogens (tertiary/aromatic N) is 1. The zero-order chi connectivity index (χ0) is 26.0. The summed E-state index contributed by atoms with van der Waals surface area (Å²) in [4.78, 5) is 10.5. The molecule has 0 fully saturated rings. The molecule has 0 spiro atoms. The molecule has 0 saturated heterocycles. The highest BCUT2D eigenvalue weighted by molar-refractivity contribution is 7.92. The molecule has 0 aromatic heterocycles. The van der Waals surface area contributed by atoms with Crippen LogP contribution < -0.4 is 9.04 Å². The Morgan fingerprint density at radius 2 is 1.94 bits per heavy atom. The van der Waals surface area contributed by atoms with Crippen LogP contribution in [-0.2, 0) is 21.0 Å². The van der Waals surface area contributed by atoms with Crippen LogP contribution in [0, 0.1) is 5.92 Å². The third-order valence-corrected chi connectivity index (χ3v) is 7.62. The first-order valence-electron chi connectivity index (χ1n) is 11.3. The van der Waals surface area contributed by atoms with Crippen molar-refractivity contribution < 1.29 is 36.2 Å². The van der Waals surface area contributed by atoms with E-state index in [-0.39, 0.29) is 36.7 Å². The Balaban J connectivity index is 2.11. The molecule has 1 N–H and O–H groups in total. The first kappa shape index (κ1) is 26.6. The van der Waals surface area contributed by atoms with Crippen molar-refractivity contribution in [2.75, 3.05) is 10.8 Å². The normalized spacial score (nSPS) is 16.7. The number of carboxylic acids is 1. The predicted molar refractivity (Wildman–Crippen MR) is 127 cm³/mol. The van der Waals surface area contributed by atoms with E-state index < -0.39 is 38.7 Å². The molecule has 2 aromatic rings. The van der Waals surface area contributed by atoms with E-state index in [2.05, 4.69) is 0 Å². The van der Waals surface area contributed by atoms with Crippen LogP contribution in [0.15, 0.2) is 52.9 Å². The van der Waals surface area contributed by atoms with Gasteiger partial charge in [-0.3, -0.25) is 9.10 Å². The first-order valence-corrected chi connectivity index (χ1v) is 12.7. The number of allylic oxidation sites excluding steroid dienone is 1. The van der Waals surface area contributed by atoms with Crippen LogP contribution in [-0.4, -0.2) is 32.1 Å². The van der Waals surface area contributed by atoms with Crippen LogP contribution in [0.4, 0.5) is 18.9 Å². The number of rotatable bonds is 8. The fourth-order valence-electron chi connectivity index (χ4n) is 3.93. The van der Waals surface area contributed by atoms with Crippen LogP contribution in [0.5, 0.6) is 5.75 Å². The minimum atomic E-state index is -4.70. The highest BCUT2D eigenvalue weighted by Crippen LogP contribution is 2.40. The molecule has 190 valence electrons. The van der Waals surface area contributed by atoms with Gasteiger partial charge >= 0.3 is 12.1 Å². The lowest BCUT2D eigenvalue weighted by Crippen LogP contribution is -2.43. The molecule has 0 aliphatic carbocycles. The predicted octanol–water partition coefficient (Wildman–Crippen LogP) is 5.98. The lowest BCUT2D eigenvalue weighted by Gasteiger charge is -2.35. The largest absolute Gasteiger partial charge is 0.486 e. The van der Waals surface area contributed by atoms with E-state index in [1.165, 1.54) is 0 Å². The van der Waals surface area contributed by atoms with Gasteiger partial charge in [0, 0.05) is 6.42 Å². The van der Waals surface area contributed by atoms with E-state index in [0.717, 1.165) is 40.1 Å². The molecule has 1 aliphatic heterocycles. The van der Waals surface area contributed by atoms with Crippen LogP contribution in [0.3, 0.4) is 0 Å². The lowest BCUT2D eigenvalue weighted by molar-refractivity contribution is -0.138. The van der Waals surface area contributed by atoms with Gasteiger partial charge in [0.05, 0.1) is 22.7 Å². The number of fused-ring (bicyclic) bond motifs is 1. The first-order chi connectivity index (χ1) is 16.3. The van der Waals surface area contributed by atoms with Crippen LogP contribution in [0.25, 0.3) is 6.08 Å². The topological polar surface area (TPSA) is 83.9 Å². The number of anilines is 1. The molecule has 10 heteroatoms. The maximum absolute atomic E-state index is 13.6. The van der Waals surface area contributed by atoms with Crippen molar-refractivity contribution in [1.82, 2.24) is 0 Å². The fraction of sp³-hybridized carbons (Fsp3) is 0.400. The van der Waals surface area contributed by atoms with Gasteiger partial charge in [-0.05, 0) is 54.7 Å². The highest BCUT2D eigenvalue weighted by Gasteiger charge is 2.37. The van der Waals surface area contributed by atoms with E-state index in [1.54, 1.807) is 18.2 Å². The molecule has 0 radical (unpaired) electrons. The molecule has 1 heterocycles. The van der Waals surface area contributed by atoms with Gasteiger partial charge in [0.2, 0.25) is 0 Å². The molecule has 1 atom stereocenters. The summed E-state index contributed by atoms with van der Waals surface area (Å²) < 4.78 is 73.8. The number of hydrogen-bond acceptors (Lipinski definition) is 4. The summed E-state index contributed by atoms with van der Waals surface area (Å²) in [6.45, 7) is 5.89. The Labute approximate surface area is 203 Å². The highest BCUT2D eigenvalue weighted by atomic mass is 32.2. The number of carbonyl (C=O) groups is 1. The summed E-state index contributed by atoms with van der Waals surface area (Å²) >= 11 is 0. The molecule has 2 aromatic carbocycles. The number of carboxylic acid groups (broad SMARTS) is 1. The number of halogens is 3. The van der Waals surface area contributed by atoms with Crippen LogP contribution in [0.1, 0.15) is 51.2 Å².